The van der Waals surface area contributed by atoms with Crippen molar-refractivity contribution in [1.82, 2.24) is 4.57 Å². The average Bonchev–Trinajstić information content (AvgIpc) is 3.91. The van der Waals surface area contributed by atoms with Gasteiger partial charge in [-0.05, 0) is 70.8 Å². The van der Waals surface area contributed by atoms with Crippen molar-refractivity contribution in [3.8, 4) is 27.9 Å². The predicted octanol–water partition coefficient (Wildman–Crippen LogP) is 13.2. The second-order valence-corrected chi connectivity index (χ2v) is 14.0. The summed E-state index contributed by atoms with van der Waals surface area (Å²) in [7, 11) is 0. The lowest BCUT2D eigenvalue weighted by Crippen LogP contribution is -2.03. The Morgan fingerprint density at radius 2 is 0.963 bits per heavy atom. The van der Waals surface area contributed by atoms with Gasteiger partial charge in [0.15, 0.2) is 0 Å². The van der Waals surface area contributed by atoms with E-state index in [1.807, 2.05) is 84.9 Å². The normalized spacial score (nSPS) is 12.1. The number of rotatable bonds is 3. The summed E-state index contributed by atoms with van der Waals surface area (Å²) >= 11 is 0. The van der Waals surface area contributed by atoms with Crippen LogP contribution in [0.5, 0.6) is 0 Å². The lowest BCUT2D eigenvalue weighted by Gasteiger charge is -2.11. The maximum atomic E-state index is 14.2. The molecule has 5 heteroatoms. The van der Waals surface area contributed by atoms with Crippen LogP contribution in [0.15, 0.2) is 182 Å². The Kier molecular flexibility index (Phi) is 5.86. The molecular formula is C49H27NO4. The summed E-state index contributed by atoms with van der Waals surface area (Å²) in [6.45, 7) is 0. The molecule has 0 aliphatic rings. The van der Waals surface area contributed by atoms with Crippen LogP contribution in [0.2, 0.25) is 0 Å². The lowest BCUT2D eigenvalue weighted by molar-refractivity contribution is 0.659. The fourth-order valence-electron chi connectivity index (χ4n) is 8.55. The molecule has 4 heterocycles. The van der Waals surface area contributed by atoms with E-state index in [9.17, 15) is 4.79 Å². The summed E-state index contributed by atoms with van der Waals surface area (Å²) in [6, 6.07) is 55.2. The van der Waals surface area contributed by atoms with Gasteiger partial charge in [0.05, 0.1) is 38.0 Å². The van der Waals surface area contributed by atoms with Gasteiger partial charge in [0, 0.05) is 27.9 Å². The van der Waals surface area contributed by atoms with Gasteiger partial charge in [0.25, 0.3) is 0 Å². The first kappa shape index (κ1) is 29.2. The molecule has 0 N–H and O–H groups in total. The van der Waals surface area contributed by atoms with E-state index in [2.05, 4.69) is 83.4 Å². The molecule has 0 atom stereocenters. The number of aromatic nitrogens is 1. The molecule has 54 heavy (non-hydrogen) atoms. The molecule has 0 spiro atoms. The van der Waals surface area contributed by atoms with E-state index in [1.54, 1.807) is 0 Å². The topological polar surface area (TPSA) is 61.4 Å². The molecule has 4 aromatic heterocycles. The lowest BCUT2D eigenvalue weighted by atomic mass is 9.98. The highest BCUT2D eigenvalue weighted by Crippen LogP contribution is 2.48. The molecule has 0 saturated carbocycles. The second-order valence-electron chi connectivity index (χ2n) is 14.0. The molecule has 0 amide bonds. The SMILES string of the molecule is O=c1c2ccc(-n3c4ccccc4c4c5oc6ccccc6c5c5oc6ccccc6c5c43)cc2oc2ccc(-c3cccc(-c4ccccc4)c3)cc12. The van der Waals surface area contributed by atoms with Crippen LogP contribution in [0, 0.1) is 0 Å². The molecule has 12 aromatic rings. The van der Waals surface area contributed by atoms with Gasteiger partial charge >= 0.3 is 0 Å². The highest BCUT2D eigenvalue weighted by molar-refractivity contribution is 6.37. The molecule has 0 aliphatic carbocycles. The minimum atomic E-state index is -0.0618. The van der Waals surface area contributed by atoms with E-state index in [4.69, 9.17) is 13.3 Å². The third-order valence-corrected chi connectivity index (χ3v) is 11.0. The van der Waals surface area contributed by atoms with E-state index in [0.717, 1.165) is 93.6 Å². The van der Waals surface area contributed by atoms with Crippen LogP contribution < -0.4 is 5.43 Å². The molecule has 0 unspecified atom stereocenters. The monoisotopic (exact) mass is 693 g/mol. The van der Waals surface area contributed by atoms with Gasteiger partial charge in [0.2, 0.25) is 5.43 Å². The van der Waals surface area contributed by atoms with E-state index in [0.29, 0.717) is 21.9 Å². The minimum Gasteiger partial charge on any atom is -0.456 e. The predicted molar refractivity (Wildman–Crippen MR) is 220 cm³/mol. The van der Waals surface area contributed by atoms with Gasteiger partial charge in [-0.3, -0.25) is 4.79 Å². The first-order valence-corrected chi connectivity index (χ1v) is 18.0. The van der Waals surface area contributed by atoms with Crippen LogP contribution in [0.25, 0.3) is 116 Å². The second kappa shape index (κ2) is 10.8. The van der Waals surface area contributed by atoms with Crippen molar-refractivity contribution in [3.63, 3.8) is 0 Å². The van der Waals surface area contributed by atoms with Crippen molar-refractivity contribution in [3.05, 3.63) is 174 Å². The molecule has 0 fully saturated rings. The van der Waals surface area contributed by atoms with Gasteiger partial charge in [-0.1, -0.05) is 109 Å². The largest absolute Gasteiger partial charge is 0.456 e. The summed E-state index contributed by atoms with van der Waals surface area (Å²) < 4.78 is 22.2. The maximum absolute atomic E-state index is 14.2. The van der Waals surface area contributed by atoms with Crippen LogP contribution in [0.1, 0.15) is 0 Å². The third kappa shape index (κ3) is 4.01. The van der Waals surface area contributed by atoms with Crippen LogP contribution in [-0.4, -0.2) is 4.57 Å². The van der Waals surface area contributed by atoms with E-state index in [1.165, 1.54) is 0 Å². The van der Waals surface area contributed by atoms with Crippen LogP contribution in [-0.2, 0) is 0 Å². The van der Waals surface area contributed by atoms with Crippen molar-refractivity contribution in [2.45, 2.75) is 0 Å². The standard InChI is InChI=1S/C49H27NO4/c51-47-36-23-22-32(27-42(36)52-41-24-21-31(26-37(41)47)30-14-10-13-29(25-30)28-11-2-1-3-12-28)50-38-18-7-4-15-33(38)43-46(50)44-34-16-5-8-19-39(34)53-49(44)45-35-17-6-9-20-40(35)54-48(43)45/h1-27H. The van der Waals surface area contributed by atoms with Crippen molar-refractivity contribution in [2.24, 2.45) is 0 Å². The molecule has 0 bridgehead atoms. The highest BCUT2D eigenvalue weighted by Gasteiger charge is 2.26. The summed E-state index contributed by atoms with van der Waals surface area (Å²) in [5.41, 5.74) is 11.3. The third-order valence-electron chi connectivity index (χ3n) is 11.0. The first-order chi connectivity index (χ1) is 26.7. The van der Waals surface area contributed by atoms with Gasteiger partial charge in [-0.2, -0.15) is 0 Å². The summed E-state index contributed by atoms with van der Waals surface area (Å²) in [5, 5.41) is 7.18. The Labute approximate surface area is 306 Å². The summed E-state index contributed by atoms with van der Waals surface area (Å²) in [6.07, 6.45) is 0. The van der Waals surface area contributed by atoms with Crippen LogP contribution in [0.4, 0.5) is 0 Å². The summed E-state index contributed by atoms with van der Waals surface area (Å²) in [4.78, 5) is 14.2. The smallest absolute Gasteiger partial charge is 0.200 e. The number of fused-ring (bicyclic) bond motifs is 14. The Hall–Kier alpha value is -7.37. The minimum absolute atomic E-state index is 0.0618. The van der Waals surface area contributed by atoms with Gasteiger partial charge in [-0.15, -0.1) is 0 Å². The zero-order chi connectivity index (χ0) is 35.5. The van der Waals surface area contributed by atoms with Gasteiger partial charge < -0.3 is 17.8 Å². The molecule has 0 radical (unpaired) electrons. The Morgan fingerprint density at radius 1 is 0.370 bits per heavy atom. The number of para-hydroxylation sites is 3. The van der Waals surface area contributed by atoms with Crippen LogP contribution >= 0.6 is 0 Å². The van der Waals surface area contributed by atoms with Crippen molar-refractivity contribution in [2.75, 3.05) is 0 Å². The van der Waals surface area contributed by atoms with Crippen molar-refractivity contribution < 1.29 is 13.3 Å². The highest BCUT2D eigenvalue weighted by atomic mass is 16.3. The number of hydrogen-bond donors (Lipinski definition) is 0. The Balaban J connectivity index is 1.11. The summed E-state index contributed by atoms with van der Waals surface area (Å²) in [5.74, 6) is 0. The van der Waals surface area contributed by atoms with E-state index < -0.39 is 0 Å². The number of hydrogen-bond acceptors (Lipinski definition) is 4. The van der Waals surface area contributed by atoms with Crippen molar-refractivity contribution in [1.29, 1.82) is 0 Å². The van der Waals surface area contributed by atoms with Crippen molar-refractivity contribution >= 4 is 87.6 Å². The maximum Gasteiger partial charge on any atom is 0.200 e. The molecule has 5 nitrogen and oxygen atoms in total. The van der Waals surface area contributed by atoms with E-state index >= 15 is 0 Å². The fourth-order valence-corrected chi connectivity index (χ4v) is 8.55. The average molecular weight is 694 g/mol. The number of benzene rings is 8. The quantitative estimate of drug-likeness (QED) is 0.173. The van der Waals surface area contributed by atoms with Crippen LogP contribution in [0.3, 0.4) is 0 Å². The Bertz CT molecular complexity index is 3550. The zero-order valence-electron chi connectivity index (χ0n) is 28.7. The number of nitrogens with zero attached hydrogens (tertiary/aromatic N) is 1. The molecule has 8 aromatic carbocycles. The first-order valence-electron chi connectivity index (χ1n) is 18.0. The Morgan fingerprint density at radius 3 is 1.74 bits per heavy atom. The van der Waals surface area contributed by atoms with Gasteiger partial charge in [0.1, 0.15) is 33.5 Å². The van der Waals surface area contributed by atoms with Gasteiger partial charge in [-0.25, -0.2) is 0 Å². The molecule has 252 valence electrons. The number of furan rings is 2. The molecule has 0 saturated heterocycles. The molecule has 12 rings (SSSR count). The molecular weight excluding hydrogens is 667 g/mol. The van der Waals surface area contributed by atoms with E-state index in [-0.39, 0.29) is 5.43 Å². The zero-order valence-corrected chi connectivity index (χ0v) is 28.7. The molecule has 0 aliphatic heterocycles. The fraction of sp³-hybridized carbons (Fsp3) is 0.